The molecule has 0 aliphatic heterocycles. The lowest BCUT2D eigenvalue weighted by Crippen LogP contribution is -2.11. The molecule has 1 rings (SSSR count). The van der Waals surface area contributed by atoms with Gasteiger partial charge in [0.1, 0.15) is 0 Å². The third kappa shape index (κ3) is 3.97. The molecule has 0 spiro atoms. The van der Waals surface area contributed by atoms with Gasteiger partial charge in [-0.3, -0.25) is 0 Å². The Morgan fingerprint density at radius 1 is 1.38 bits per heavy atom. The van der Waals surface area contributed by atoms with Crippen LogP contribution in [0.5, 0.6) is 0 Å². The van der Waals surface area contributed by atoms with Crippen molar-refractivity contribution >= 4 is 0 Å². The zero-order valence-corrected chi connectivity index (χ0v) is 9.47. The van der Waals surface area contributed by atoms with Crippen molar-refractivity contribution in [2.75, 3.05) is 0 Å². The number of allylic oxidation sites excluding steroid dienone is 2. The van der Waals surface area contributed by atoms with Gasteiger partial charge < -0.3 is 0 Å². The minimum Gasteiger partial charge on any atom is -0.0827 e. The minimum atomic E-state index is 0.834. The van der Waals surface area contributed by atoms with Crippen LogP contribution in [-0.4, -0.2) is 0 Å². The maximum Gasteiger partial charge on any atom is -0.0257 e. The van der Waals surface area contributed by atoms with Crippen LogP contribution in [0.3, 0.4) is 0 Å². The quantitative estimate of drug-likeness (QED) is 0.439. The third-order valence-electron chi connectivity index (χ3n) is 3.10. The summed E-state index contributed by atoms with van der Waals surface area (Å²) in [5.41, 5.74) is 1.63. The summed E-state index contributed by atoms with van der Waals surface area (Å²) in [4.78, 5) is 0. The number of unbranched alkanes of at least 4 members (excludes halogenated alkanes) is 2. The minimum absolute atomic E-state index is 0.834. The molecule has 0 aromatic carbocycles. The summed E-state index contributed by atoms with van der Waals surface area (Å²) in [6.45, 7) is 6.94. The van der Waals surface area contributed by atoms with E-state index in [0.717, 1.165) is 11.8 Å². The summed E-state index contributed by atoms with van der Waals surface area (Å²) in [5.74, 6) is 1.83. The third-order valence-corrected chi connectivity index (χ3v) is 3.10. The highest BCUT2D eigenvalue weighted by Gasteiger charge is 2.16. The largest absolute Gasteiger partial charge is 0.0827 e. The Kier molecular flexibility index (Phi) is 4.55. The van der Waals surface area contributed by atoms with Crippen LogP contribution < -0.4 is 0 Å². The van der Waals surface area contributed by atoms with E-state index in [2.05, 4.69) is 26.8 Å². The van der Waals surface area contributed by atoms with E-state index in [1.54, 1.807) is 5.57 Å². The van der Waals surface area contributed by atoms with Gasteiger partial charge in [0.05, 0.1) is 0 Å². The highest BCUT2D eigenvalue weighted by atomic mass is 14.2. The summed E-state index contributed by atoms with van der Waals surface area (Å²) in [5, 5.41) is 0. The summed E-state index contributed by atoms with van der Waals surface area (Å²) in [6, 6.07) is 0. The fourth-order valence-corrected chi connectivity index (χ4v) is 2.59. The van der Waals surface area contributed by atoms with Gasteiger partial charge in [-0.1, -0.05) is 51.2 Å². The van der Waals surface area contributed by atoms with Gasteiger partial charge in [0, 0.05) is 0 Å². The van der Waals surface area contributed by atoms with E-state index < -0.39 is 0 Å². The first-order valence-electron chi connectivity index (χ1n) is 5.89. The van der Waals surface area contributed by atoms with E-state index in [0.29, 0.717) is 0 Å². The van der Waals surface area contributed by atoms with E-state index >= 15 is 0 Å². The van der Waals surface area contributed by atoms with Crippen LogP contribution in [0, 0.1) is 11.8 Å². The normalized spacial score (nSPS) is 28.7. The zero-order chi connectivity index (χ0) is 9.68. The lowest BCUT2D eigenvalue weighted by atomic mass is 9.81. The molecule has 1 aliphatic carbocycles. The summed E-state index contributed by atoms with van der Waals surface area (Å²) >= 11 is 0. The summed E-state index contributed by atoms with van der Waals surface area (Å²) in [7, 11) is 0. The molecule has 1 aliphatic rings. The standard InChI is InChI=1S/C13H24/c1-4-5-6-7-13-9-11(2)8-12(3)10-13/h8,11,13H,4-7,9-10H2,1-3H3. The van der Waals surface area contributed by atoms with Gasteiger partial charge in [-0.15, -0.1) is 0 Å². The van der Waals surface area contributed by atoms with E-state index in [1.807, 2.05) is 0 Å². The van der Waals surface area contributed by atoms with Crippen molar-refractivity contribution in [1.82, 2.24) is 0 Å². The van der Waals surface area contributed by atoms with Gasteiger partial charge in [0.15, 0.2) is 0 Å². The Bertz CT molecular complexity index is 167. The van der Waals surface area contributed by atoms with Gasteiger partial charge in [-0.25, -0.2) is 0 Å². The van der Waals surface area contributed by atoms with Crippen LogP contribution in [0.4, 0.5) is 0 Å². The molecule has 2 unspecified atom stereocenters. The second-order valence-electron chi connectivity index (χ2n) is 4.79. The first-order valence-corrected chi connectivity index (χ1v) is 5.89. The molecule has 0 aromatic rings. The Morgan fingerprint density at radius 3 is 2.77 bits per heavy atom. The van der Waals surface area contributed by atoms with Crippen LogP contribution >= 0.6 is 0 Å². The Hall–Kier alpha value is -0.260. The van der Waals surface area contributed by atoms with Crippen molar-refractivity contribution in [3.8, 4) is 0 Å². The van der Waals surface area contributed by atoms with Crippen LogP contribution in [0.15, 0.2) is 11.6 Å². The fraction of sp³-hybridized carbons (Fsp3) is 0.846. The molecule has 0 bridgehead atoms. The predicted octanol–water partition coefficient (Wildman–Crippen LogP) is 4.56. The zero-order valence-electron chi connectivity index (χ0n) is 9.47. The Labute approximate surface area is 83.4 Å². The highest BCUT2D eigenvalue weighted by Crippen LogP contribution is 2.31. The summed E-state index contributed by atoms with van der Waals surface area (Å²) < 4.78 is 0. The average Bonchev–Trinajstić information content (AvgIpc) is 2.03. The molecule has 0 heterocycles. The van der Waals surface area contributed by atoms with Crippen LogP contribution in [0.1, 0.15) is 59.3 Å². The van der Waals surface area contributed by atoms with Crippen molar-refractivity contribution in [1.29, 1.82) is 0 Å². The second kappa shape index (κ2) is 5.47. The van der Waals surface area contributed by atoms with Gasteiger partial charge in [0.2, 0.25) is 0 Å². The molecule has 76 valence electrons. The first-order chi connectivity index (χ1) is 6.22. The number of hydrogen-bond acceptors (Lipinski definition) is 0. The van der Waals surface area contributed by atoms with E-state index in [-0.39, 0.29) is 0 Å². The average molecular weight is 180 g/mol. The van der Waals surface area contributed by atoms with Crippen molar-refractivity contribution in [3.63, 3.8) is 0 Å². The maximum atomic E-state index is 2.45. The molecule has 0 saturated heterocycles. The molecule has 0 radical (unpaired) electrons. The number of rotatable bonds is 4. The SMILES string of the molecule is CCCCCC1CC(C)=CC(C)C1. The van der Waals surface area contributed by atoms with Gasteiger partial charge >= 0.3 is 0 Å². The van der Waals surface area contributed by atoms with Crippen molar-refractivity contribution < 1.29 is 0 Å². The molecule has 2 atom stereocenters. The Balaban J connectivity index is 2.24. The molecule has 0 heteroatoms. The monoisotopic (exact) mass is 180 g/mol. The smallest absolute Gasteiger partial charge is 0.0257 e. The second-order valence-corrected chi connectivity index (χ2v) is 4.79. The van der Waals surface area contributed by atoms with Crippen LogP contribution in [0.2, 0.25) is 0 Å². The van der Waals surface area contributed by atoms with Gasteiger partial charge in [0.25, 0.3) is 0 Å². The topological polar surface area (TPSA) is 0 Å². The van der Waals surface area contributed by atoms with Crippen molar-refractivity contribution in [2.45, 2.75) is 59.3 Å². The predicted molar refractivity (Wildman–Crippen MR) is 59.8 cm³/mol. The van der Waals surface area contributed by atoms with E-state index in [1.165, 1.54) is 38.5 Å². The van der Waals surface area contributed by atoms with Gasteiger partial charge in [-0.2, -0.15) is 0 Å². The molecular formula is C13H24. The highest BCUT2D eigenvalue weighted by molar-refractivity contribution is 5.05. The van der Waals surface area contributed by atoms with E-state index in [4.69, 9.17) is 0 Å². The molecule has 0 amide bonds. The van der Waals surface area contributed by atoms with Crippen LogP contribution in [-0.2, 0) is 0 Å². The molecular weight excluding hydrogens is 156 g/mol. The lowest BCUT2D eigenvalue weighted by Gasteiger charge is -2.25. The molecule has 13 heavy (non-hydrogen) atoms. The maximum absolute atomic E-state index is 2.45. The molecule has 0 N–H and O–H groups in total. The Morgan fingerprint density at radius 2 is 2.15 bits per heavy atom. The van der Waals surface area contributed by atoms with Crippen molar-refractivity contribution in [2.24, 2.45) is 11.8 Å². The van der Waals surface area contributed by atoms with Crippen molar-refractivity contribution in [3.05, 3.63) is 11.6 Å². The molecule has 0 aromatic heterocycles. The molecule has 0 fully saturated rings. The van der Waals surface area contributed by atoms with Crippen LogP contribution in [0.25, 0.3) is 0 Å². The lowest BCUT2D eigenvalue weighted by molar-refractivity contribution is 0.367. The summed E-state index contributed by atoms with van der Waals surface area (Å²) in [6.07, 6.45) is 10.9. The molecule has 0 saturated carbocycles. The fourth-order valence-electron chi connectivity index (χ4n) is 2.59. The molecule has 0 nitrogen and oxygen atoms in total. The van der Waals surface area contributed by atoms with E-state index in [9.17, 15) is 0 Å². The number of hydrogen-bond donors (Lipinski definition) is 0. The van der Waals surface area contributed by atoms with Gasteiger partial charge in [-0.05, 0) is 31.6 Å². The first kappa shape index (κ1) is 10.8.